The molecule has 0 aliphatic heterocycles. The van der Waals surface area contributed by atoms with Crippen LogP contribution in [0.25, 0.3) is 0 Å². The molecule has 0 saturated carbocycles. The minimum atomic E-state index is 0.238. The van der Waals surface area contributed by atoms with Gasteiger partial charge in [-0.2, -0.15) is 0 Å². The van der Waals surface area contributed by atoms with Gasteiger partial charge in [0.2, 0.25) is 0 Å². The van der Waals surface area contributed by atoms with Crippen molar-refractivity contribution in [3.05, 3.63) is 22.8 Å². The van der Waals surface area contributed by atoms with Crippen molar-refractivity contribution in [2.75, 3.05) is 0 Å². The molecule has 11 heavy (non-hydrogen) atoms. The zero-order valence-electron chi connectivity index (χ0n) is 7.45. The maximum absolute atomic E-state index is 6.06. The zero-order valence-corrected chi connectivity index (χ0v) is 8.20. The maximum Gasteiger partial charge on any atom is 0.0400 e. The molecule has 0 saturated heterocycles. The van der Waals surface area contributed by atoms with Crippen LogP contribution >= 0.6 is 11.6 Å². The van der Waals surface area contributed by atoms with Gasteiger partial charge >= 0.3 is 0 Å². The van der Waals surface area contributed by atoms with Crippen LogP contribution < -0.4 is 0 Å². The molecule has 0 N–H and O–H groups in total. The Balaban J connectivity index is 2.93. The first-order valence-electron chi connectivity index (χ1n) is 4.07. The van der Waals surface area contributed by atoms with E-state index < -0.39 is 0 Å². The second kappa shape index (κ2) is 3.02. The van der Waals surface area contributed by atoms with Crippen molar-refractivity contribution >= 4 is 11.6 Å². The monoisotopic (exact) mass is 170 g/mol. The minimum absolute atomic E-state index is 0.238. The molecule has 0 aromatic rings. The van der Waals surface area contributed by atoms with Gasteiger partial charge in [-0.3, -0.25) is 0 Å². The summed E-state index contributed by atoms with van der Waals surface area (Å²) >= 11 is 6.06. The average molecular weight is 171 g/mol. The third-order valence-corrected chi connectivity index (χ3v) is 2.37. The number of rotatable bonds is 0. The van der Waals surface area contributed by atoms with E-state index in [-0.39, 0.29) is 5.41 Å². The van der Waals surface area contributed by atoms with Gasteiger partial charge in [-0.1, -0.05) is 38.4 Å². The van der Waals surface area contributed by atoms with E-state index in [1.54, 1.807) is 0 Å². The fourth-order valence-corrected chi connectivity index (χ4v) is 1.83. The third kappa shape index (κ3) is 2.10. The van der Waals surface area contributed by atoms with Crippen molar-refractivity contribution in [1.82, 2.24) is 0 Å². The van der Waals surface area contributed by atoms with Crippen LogP contribution in [-0.2, 0) is 0 Å². The van der Waals surface area contributed by atoms with Gasteiger partial charge in [0.25, 0.3) is 0 Å². The summed E-state index contributed by atoms with van der Waals surface area (Å²) in [5.74, 6) is 0. The van der Waals surface area contributed by atoms with Crippen molar-refractivity contribution < 1.29 is 0 Å². The summed E-state index contributed by atoms with van der Waals surface area (Å²) in [5, 5.41) is 0.948. The molecule has 0 spiro atoms. The van der Waals surface area contributed by atoms with Crippen molar-refractivity contribution in [3.8, 4) is 0 Å². The number of hydrogen-bond donors (Lipinski definition) is 0. The van der Waals surface area contributed by atoms with E-state index in [1.807, 2.05) is 6.08 Å². The van der Waals surface area contributed by atoms with Gasteiger partial charge in [-0.05, 0) is 29.9 Å². The molecule has 0 aromatic carbocycles. The summed E-state index contributed by atoms with van der Waals surface area (Å²) in [6.07, 6.45) is 6.42. The highest BCUT2D eigenvalue weighted by Crippen LogP contribution is 2.35. The van der Waals surface area contributed by atoms with Crippen molar-refractivity contribution in [2.24, 2.45) is 5.41 Å². The fraction of sp³-hybridized carbons (Fsp3) is 0.600. The summed E-state index contributed by atoms with van der Waals surface area (Å²) in [6, 6.07) is 0. The van der Waals surface area contributed by atoms with Crippen molar-refractivity contribution in [2.45, 2.75) is 33.6 Å². The number of halogens is 1. The molecule has 0 atom stereocenters. The van der Waals surface area contributed by atoms with Crippen molar-refractivity contribution in [1.29, 1.82) is 0 Å². The number of allylic oxidation sites excluding steroid dienone is 4. The summed E-state index contributed by atoms with van der Waals surface area (Å²) < 4.78 is 0. The Morgan fingerprint density at radius 3 is 2.36 bits per heavy atom. The predicted octanol–water partition coefficient (Wildman–Crippen LogP) is 3.88. The maximum atomic E-state index is 6.06. The average Bonchev–Trinajstić information content (AvgIpc) is 1.86. The highest BCUT2D eigenvalue weighted by Gasteiger charge is 2.20. The van der Waals surface area contributed by atoms with Crippen molar-refractivity contribution in [3.63, 3.8) is 0 Å². The quantitative estimate of drug-likeness (QED) is 0.518. The fourth-order valence-electron chi connectivity index (χ4n) is 1.37. The minimum Gasteiger partial charge on any atom is -0.0844 e. The van der Waals surface area contributed by atoms with Gasteiger partial charge in [0.15, 0.2) is 0 Å². The zero-order chi connectivity index (χ0) is 8.48. The lowest BCUT2D eigenvalue weighted by Gasteiger charge is -2.25. The van der Waals surface area contributed by atoms with Crippen LogP contribution in [0.3, 0.4) is 0 Å². The second-order valence-electron chi connectivity index (χ2n) is 4.02. The molecule has 0 bridgehead atoms. The molecule has 0 nitrogen and oxygen atoms in total. The van der Waals surface area contributed by atoms with Crippen LogP contribution in [0.4, 0.5) is 0 Å². The Morgan fingerprint density at radius 2 is 2.00 bits per heavy atom. The first-order valence-corrected chi connectivity index (χ1v) is 4.45. The van der Waals surface area contributed by atoms with E-state index in [1.165, 1.54) is 5.57 Å². The van der Waals surface area contributed by atoms with Gasteiger partial charge in [0.1, 0.15) is 0 Å². The molecular formula is C10H15Cl. The van der Waals surface area contributed by atoms with Gasteiger partial charge in [0, 0.05) is 5.03 Å². The predicted molar refractivity (Wildman–Crippen MR) is 50.7 cm³/mol. The largest absolute Gasteiger partial charge is 0.0844 e. The normalized spacial score (nSPS) is 19.3. The van der Waals surface area contributed by atoms with Crippen LogP contribution in [0, 0.1) is 5.41 Å². The van der Waals surface area contributed by atoms with E-state index >= 15 is 0 Å². The summed E-state index contributed by atoms with van der Waals surface area (Å²) in [5.41, 5.74) is 1.63. The van der Waals surface area contributed by atoms with Crippen LogP contribution in [0.5, 0.6) is 0 Å². The van der Waals surface area contributed by atoms with E-state index in [4.69, 9.17) is 11.6 Å². The smallest absolute Gasteiger partial charge is 0.0400 e. The van der Waals surface area contributed by atoms with E-state index in [9.17, 15) is 0 Å². The first kappa shape index (κ1) is 8.86. The van der Waals surface area contributed by atoms with E-state index in [0.717, 1.165) is 17.9 Å². The SMILES string of the molecule is CC(C)(C)C1=C(Cl)C=CCC1. The molecule has 1 heteroatoms. The molecular weight excluding hydrogens is 156 g/mol. The highest BCUT2D eigenvalue weighted by atomic mass is 35.5. The van der Waals surface area contributed by atoms with Gasteiger partial charge in [0.05, 0.1) is 0 Å². The Morgan fingerprint density at radius 1 is 1.36 bits per heavy atom. The summed E-state index contributed by atoms with van der Waals surface area (Å²) in [7, 11) is 0. The lowest BCUT2D eigenvalue weighted by Crippen LogP contribution is -2.11. The molecule has 0 unspecified atom stereocenters. The molecule has 1 aliphatic carbocycles. The topological polar surface area (TPSA) is 0 Å². The molecule has 0 fully saturated rings. The van der Waals surface area contributed by atoms with Crippen LogP contribution in [0.15, 0.2) is 22.8 Å². The van der Waals surface area contributed by atoms with E-state index in [2.05, 4.69) is 26.8 Å². The van der Waals surface area contributed by atoms with Gasteiger partial charge < -0.3 is 0 Å². The summed E-state index contributed by atoms with van der Waals surface area (Å²) in [4.78, 5) is 0. The van der Waals surface area contributed by atoms with Gasteiger partial charge in [-0.15, -0.1) is 0 Å². The first-order chi connectivity index (χ1) is 5.02. The molecule has 62 valence electrons. The highest BCUT2D eigenvalue weighted by molar-refractivity contribution is 6.31. The lowest BCUT2D eigenvalue weighted by atomic mass is 9.82. The Labute approximate surface area is 73.9 Å². The van der Waals surface area contributed by atoms with Crippen LogP contribution in [-0.4, -0.2) is 0 Å². The van der Waals surface area contributed by atoms with E-state index in [0.29, 0.717) is 0 Å². The molecule has 0 amide bonds. The lowest BCUT2D eigenvalue weighted by molar-refractivity contribution is 0.480. The number of hydrogen-bond acceptors (Lipinski definition) is 0. The molecule has 1 rings (SSSR count). The van der Waals surface area contributed by atoms with Crippen LogP contribution in [0.2, 0.25) is 0 Å². The second-order valence-corrected chi connectivity index (χ2v) is 4.42. The third-order valence-electron chi connectivity index (χ3n) is 2.02. The Kier molecular flexibility index (Phi) is 2.43. The molecule has 0 radical (unpaired) electrons. The van der Waals surface area contributed by atoms with Crippen LogP contribution in [0.1, 0.15) is 33.6 Å². The molecule has 0 heterocycles. The summed E-state index contributed by atoms with van der Waals surface area (Å²) in [6.45, 7) is 6.64. The molecule has 0 aromatic heterocycles. The van der Waals surface area contributed by atoms with Gasteiger partial charge in [-0.25, -0.2) is 0 Å². The Bertz CT molecular complexity index is 203. The Hall–Kier alpha value is -0.230. The standard InChI is InChI=1S/C10H15Cl/c1-10(2,3)8-6-4-5-7-9(8)11/h5,7H,4,6H2,1-3H3. The molecule has 1 aliphatic rings.